The van der Waals surface area contributed by atoms with Crippen molar-refractivity contribution in [2.45, 2.75) is 12.9 Å². The van der Waals surface area contributed by atoms with E-state index in [1.807, 2.05) is 0 Å². The van der Waals surface area contributed by atoms with Crippen molar-refractivity contribution in [1.29, 1.82) is 0 Å². The Morgan fingerprint density at radius 3 is 2.55 bits per heavy atom. The third-order valence-corrected chi connectivity index (χ3v) is 3.79. The van der Waals surface area contributed by atoms with E-state index in [-0.39, 0.29) is 25.4 Å². The van der Waals surface area contributed by atoms with Crippen LogP contribution in [0.15, 0.2) is 36.5 Å². The summed E-state index contributed by atoms with van der Waals surface area (Å²) in [6.45, 7) is 0.00843. The number of aliphatic hydroxyl groups excluding tert-OH is 1. The molecule has 0 saturated carbocycles. The summed E-state index contributed by atoms with van der Waals surface area (Å²) < 4.78 is 42.3. The van der Waals surface area contributed by atoms with E-state index in [1.54, 1.807) is 6.07 Å². The highest BCUT2D eigenvalue weighted by molar-refractivity contribution is 5.92. The minimum Gasteiger partial charge on any atom is -0.465 e. The fraction of sp³-hybridized carbons (Fsp3) is 0.235. The molecule has 2 aromatic heterocycles. The smallest absolute Gasteiger partial charge is 0.465 e. The van der Waals surface area contributed by atoms with Gasteiger partial charge in [0, 0.05) is 18.4 Å². The van der Waals surface area contributed by atoms with E-state index in [4.69, 9.17) is 10.2 Å². The fourth-order valence-corrected chi connectivity index (χ4v) is 2.70. The molecule has 0 spiro atoms. The van der Waals surface area contributed by atoms with Crippen LogP contribution >= 0.6 is 0 Å². The minimum absolute atomic E-state index is 0.117. The second kappa shape index (κ2) is 8.22. The van der Waals surface area contributed by atoms with E-state index in [2.05, 4.69) is 25.5 Å². The van der Waals surface area contributed by atoms with Gasteiger partial charge in [-0.1, -0.05) is 0 Å². The van der Waals surface area contributed by atoms with E-state index in [1.165, 1.54) is 23.0 Å². The van der Waals surface area contributed by atoms with E-state index >= 15 is 0 Å². The van der Waals surface area contributed by atoms with Crippen LogP contribution < -0.4 is 15.4 Å². The van der Waals surface area contributed by atoms with E-state index in [0.717, 1.165) is 12.1 Å². The van der Waals surface area contributed by atoms with Gasteiger partial charge in [0.15, 0.2) is 5.65 Å². The number of carbonyl (C=O) groups is 1. The van der Waals surface area contributed by atoms with Crippen LogP contribution in [0.5, 0.6) is 5.75 Å². The number of fused-ring (bicyclic) bond motifs is 1. The van der Waals surface area contributed by atoms with Crippen LogP contribution in [-0.4, -0.2) is 50.6 Å². The van der Waals surface area contributed by atoms with Gasteiger partial charge < -0.3 is 25.6 Å². The summed E-state index contributed by atoms with van der Waals surface area (Å²) in [6.07, 6.45) is -4.55. The van der Waals surface area contributed by atoms with Gasteiger partial charge >= 0.3 is 12.5 Å². The molecule has 3 aromatic rings. The second-order valence-corrected chi connectivity index (χ2v) is 5.77. The molecule has 154 valence electrons. The van der Waals surface area contributed by atoms with Gasteiger partial charge in [0.25, 0.3) is 0 Å². The molecule has 0 aliphatic rings. The molecule has 1 amide bonds. The second-order valence-electron chi connectivity index (χ2n) is 5.77. The Balaban J connectivity index is 2.04. The number of anilines is 1. The van der Waals surface area contributed by atoms with Crippen molar-refractivity contribution in [3.63, 3.8) is 0 Å². The standard InChI is InChI=1S/C17H16F3N5O4/c18-17(19,20)29-11-3-1-10(2-4-11)25-15-14(13(24-25)9-23-16(27)28)12(5-6-22-15)21-7-8-26/h1-6,23,26H,7-9H2,(H,21,22)(H,27,28). The zero-order chi connectivity index (χ0) is 21.0. The molecule has 29 heavy (non-hydrogen) atoms. The van der Waals surface area contributed by atoms with E-state index in [0.29, 0.717) is 28.1 Å². The number of aliphatic hydroxyl groups is 1. The number of alkyl halides is 3. The Hall–Kier alpha value is -3.54. The minimum atomic E-state index is -4.80. The number of benzene rings is 1. The first-order valence-electron chi connectivity index (χ1n) is 8.33. The largest absolute Gasteiger partial charge is 0.573 e. The average Bonchev–Trinajstić information content (AvgIpc) is 3.03. The number of pyridine rings is 1. The summed E-state index contributed by atoms with van der Waals surface area (Å²) in [5.41, 5.74) is 1.69. The molecule has 0 bridgehead atoms. The Labute approximate surface area is 161 Å². The van der Waals surface area contributed by atoms with Gasteiger partial charge in [-0.05, 0) is 30.3 Å². The van der Waals surface area contributed by atoms with Gasteiger partial charge in [0.2, 0.25) is 0 Å². The van der Waals surface area contributed by atoms with Crippen molar-refractivity contribution in [2.24, 2.45) is 0 Å². The molecule has 0 aliphatic heterocycles. The summed E-state index contributed by atoms with van der Waals surface area (Å²) in [7, 11) is 0. The highest BCUT2D eigenvalue weighted by Crippen LogP contribution is 2.29. The molecule has 0 atom stereocenters. The first-order chi connectivity index (χ1) is 13.8. The molecule has 4 N–H and O–H groups in total. The zero-order valence-corrected chi connectivity index (χ0v) is 14.8. The van der Waals surface area contributed by atoms with Gasteiger partial charge in [0.05, 0.1) is 29.9 Å². The summed E-state index contributed by atoms with van der Waals surface area (Å²) in [5.74, 6) is -0.385. The molecule has 9 nitrogen and oxygen atoms in total. The monoisotopic (exact) mass is 411 g/mol. The zero-order valence-electron chi connectivity index (χ0n) is 14.8. The molecule has 1 aromatic carbocycles. The number of nitrogens with zero attached hydrogens (tertiary/aromatic N) is 3. The molecule has 12 heteroatoms. The number of hydrogen-bond acceptors (Lipinski definition) is 6. The molecule has 0 saturated heterocycles. The number of carboxylic acid groups (broad SMARTS) is 1. The number of rotatable bonds is 7. The van der Waals surface area contributed by atoms with Gasteiger partial charge in [-0.15, -0.1) is 13.2 Å². The lowest BCUT2D eigenvalue weighted by molar-refractivity contribution is -0.274. The third kappa shape index (κ3) is 4.85. The first-order valence-corrected chi connectivity index (χ1v) is 8.33. The lowest BCUT2D eigenvalue weighted by atomic mass is 10.2. The van der Waals surface area contributed by atoms with Gasteiger partial charge in [-0.25, -0.2) is 14.5 Å². The van der Waals surface area contributed by atoms with Crippen LogP contribution in [0.3, 0.4) is 0 Å². The maximum Gasteiger partial charge on any atom is 0.573 e. The van der Waals surface area contributed by atoms with Crippen molar-refractivity contribution in [3.8, 4) is 11.4 Å². The molecule has 0 radical (unpaired) electrons. The van der Waals surface area contributed by atoms with Crippen molar-refractivity contribution in [2.75, 3.05) is 18.5 Å². The molecule has 2 heterocycles. The maximum absolute atomic E-state index is 12.3. The van der Waals surface area contributed by atoms with Gasteiger partial charge in [-0.3, -0.25) is 0 Å². The highest BCUT2D eigenvalue weighted by atomic mass is 19.4. The maximum atomic E-state index is 12.3. The number of aromatic nitrogens is 3. The van der Waals surface area contributed by atoms with E-state index < -0.39 is 12.5 Å². The van der Waals surface area contributed by atoms with Crippen LogP contribution in [-0.2, 0) is 6.54 Å². The number of nitrogens with one attached hydrogen (secondary N) is 2. The highest BCUT2D eigenvalue weighted by Gasteiger charge is 2.31. The van der Waals surface area contributed by atoms with Crippen LogP contribution in [0.1, 0.15) is 5.69 Å². The fourth-order valence-electron chi connectivity index (χ4n) is 2.70. The normalized spacial score (nSPS) is 11.4. The van der Waals surface area contributed by atoms with Crippen molar-refractivity contribution in [1.82, 2.24) is 20.1 Å². The Morgan fingerprint density at radius 1 is 1.21 bits per heavy atom. The molecular formula is C17H16F3N5O4. The SMILES string of the molecule is O=C(O)NCc1nn(-c2ccc(OC(F)(F)F)cc2)c2nccc(NCCO)c12. The topological polar surface area (TPSA) is 122 Å². The molecule has 0 unspecified atom stereocenters. The lowest BCUT2D eigenvalue weighted by Gasteiger charge is -2.10. The molecular weight excluding hydrogens is 395 g/mol. The number of ether oxygens (including phenoxy) is 1. The van der Waals surface area contributed by atoms with Crippen molar-refractivity contribution < 1.29 is 32.9 Å². The quantitative estimate of drug-likeness (QED) is 0.471. The molecule has 3 rings (SSSR count). The Morgan fingerprint density at radius 2 is 1.93 bits per heavy atom. The molecule has 0 fully saturated rings. The predicted molar refractivity (Wildman–Crippen MR) is 96.0 cm³/mol. The van der Waals surface area contributed by atoms with Gasteiger partial charge in [0.1, 0.15) is 5.75 Å². The average molecular weight is 411 g/mol. The van der Waals surface area contributed by atoms with Crippen molar-refractivity contribution in [3.05, 3.63) is 42.2 Å². The summed E-state index contributed by atoms with van der Waals surface area (Å²) in [4.78, 5) is 15.1. The Kier molecular flexibility index (Phi) is 5.73. The van der Waals surface area contributed by atoms with Crippen LogP contribution in [0.2, 0.25) is 0 Å². The number of amides is 1. The predicted octanol–water partition coefficient (Wildman–Crippen LogP) is 2.49. The number of hydrogen-bond donors (Lipinski definition) is 4. The van der Waals surface area contributed by atoms with Crippen LogP contribution in [0.4, 0.5) is 23.7 Å². The van der Waals surface area contributed by atoms with E-state index in [9.17, 15) is 18.0 Å². The van der Waals surface area contributed by atoms with Crippen LogP contribution in [0, 0.1) is 0 Å². The summed E-state index contributed by atoms with van der Waals surface area (Å²) in [6, 6.07) is 6.67. The Bertz CT molecular complexity index is 1000. The van der Waals surface area contributed by atoms with Crippen LogP contribution in [0.25, 0.3) is 16.7 Å². The number of halogens is 3. The lowest BCUT2D eigenvalue weighted by Crippen LogP contribution is -2.20. The molecule has 0 aliphatic carbocycles. The summed E-state index contributed by atoms with van der Waals surface area (Å²) >= 11 is 0. The van der Waals surface area contributed by atoms with Crippen molar-refractivity contribution >= 4 is 22.8 Å². The third-order valence-electron chi connectivity index (χ3n) is 3.79. The van der Waals surface area contributed by atoms with Gasteiger partial charge in [-0.2, -0.15) is 5.10 Å². The first kappa shape index (κ1) is 20.2. The summed E-state index contributed by atoms with van der Waals surface area (Å²) in [5, 5.41) is 28.1.